The Morgan fingerprint density at radius 3 is 2.03 bits per heavy atom. The fourth-order valence-corrected chi connectivity index (χ4v) is 10.3. The van der Waals surface area contributed by atoms with E-state index in [0.717, 1.165) is 69.3 Å². The van der Waals surface area contributed by atoms with Gasteiger partial charge in [0.2, 0.25) is 0 Å². The van der Waals surface area contributed by atoms with Crippen LogP contribution in [0.2, 0.25) is 0 Å². The summed E-state index contributed by atoms with van der Waals surface area (Å²) in [6.45, 7) is 23.9. The molecule has 0 saturated carbocycles. The maximum atomic E-state index is 13.7. The fourth-order valence-electron chi connectivity index (χ4n) is 9.02. The molecule has 1 aliphatic rings. The van der Waals surface area contributed by atoms with Crippen LogP contribution in [0.25, 0.3) is 53.7 Å². The van der Waals surface area contributed by atoms with E-state index in [0.29, 0.717) is 5.56 Å². The summed E-state index contributed by atoms with van der Waals surface area (Å²) in [7, 11) is 0. The van der Waals surface area contributed by atoms with Gasteiger partial charge in [-0.2, -0.15) is 13.2 Å². The largest absolute Gasteiger partial charge is 0.512 e. The molecule has 0 saturated heterocycles. The Labute approximate surface area is 391 Å². The molecule has 0 bridgehead atoms. The average molecular weight is 1050 g/mol. The van der Waals surface area contributed by atoms with Crippen LogP contribution in [-0.4, -0.2) is 22.1 Å². The number of aliphatic hydroxyl groups excluding tert-OH is 1. The molecule has 8 heteroatoms. The van der Waals surface area contributed by atoms with Crippen molar-refractivity contribution in [1.82, 2.24) is 4.98 Å². The van der Waals surface area contributed by atoms with Crippen LogP contribution in [0, 0.1) is 30.2 Å². The Morgan fingerprint density at radius 2 is 1.43 bits per heavy atom. The topological polar surface area (TPSA) is 50.2 Å². The molecule has 2 aromatic heterocycles. The maximum Gasteiger partial charge on any atom is 0.394 e. The molecule has 0 fully saturated rings. The number of allylic oxidation sites excluding steroid dienone is 2. The molecule has 1 radical (unpaired) electrons. The van der Waals surface area contributed by atoms with Crippen molar-refractivity contribution in [2.75, 3.05) is 0 Å². The Hall–Kier alpha value is -4.10. The Bertz CT molecular complexity index is 2640. The van der Waals surface area contributed by atoms with Crippen molar-refractivity contribution in [3.05, 3.63) is 125 Å². The zero-order valence-electron chi connectivity index (χ0n) is 39.0. The standard InChI is InChI=1S/C42H39F3NS.C13H24O2.Ir/c1-24-29-17-18-46-36(28-20-26-11-9-10-12-30(26)33(22-28)39(2,3)4)38(29)47-37(24)27-14-16-32-31-15-13-25(23-40(5,6)42(43,44)45)19-34(31)41(7,8)35(32)21-27;1-5-10(6-2)12(14)9-13(15)11(7-3)8-4;/h9-19,21-22H,23H2,1-8H3;9-11,14H,5-8H2,1-4H3;/q-1;;/b;12-9-;. The molecule has 0 amide bonds. The first-order chi connectivity index (χ1) is 29.1. The Balaban J connectivity index is 0.000000402. The summed E-state index contributed by atoms with van der Waals surface area (Å²) < 4.78 is 42.3. The number of halogens is 3. The summed E-state index contributed by atoms with van der Waals surface area (Å²) in [5, 5.41) is 13.3. The van der Waals surface area contributed by atoms with Crippen molar-refractivity contribution in [3.63, 3.8) is 0 Å². The molecule has 63 heavy (non-hydrogen) atoms. The van der Waals surface area contributed by atoms with Crippen molar-refractivity contribution in [3.8, 4) is 32.8 Å². The van der Waals surface area contributed by atoms with Crippen LogP contribution in [-0.2, 0) is 42.2 Å². The van der Waals surface area contributed by atoms with Gasteiger partial charge in [-0.3, -0.25) is 9.78 Å². The van der Waals surface area contributed by atoms with Crippen molar-refractivity contribution < 1.29 is 43.2 Å². The molecule has 337 valence electrons. The minimum absolute atomic E-state index is 0. The van der Waals surface area contributed by atoms with E-state index in [1.165, 1.54) is 52.3 Å². The zero-order valence-corrected chi connectivity index (χ0v) is 42.2. The predicted molar refractivity (Wildman–Crippen MR) is 255 cm³/mol. The second-order valence-corrected chi connectivity index (χ2v) is 20.3. The van der Waals surface area contributed by atoms with Gasteiger partial charge in [0.05, 0.1) is 11.2 Å². The molecule has 0 spiro atoms. The molecular formula is C55H63F3IrNO2S-. The molecule has 0 atom stereocenters. The molecule has 0 aliphatic heterocycles. The second-order valence-electron chi connectivity index (χ2n) is 19.3. The fraction of sp³-hybridized carbons (Fsp3) is 0.418. The zero-order chi connectivity index (χ0) is 45.5. The number of pyridine rings is 1. The first-order valence-electron chi connectivity index (χ1n) is 22.2. The minimum Gasteiger partial charge on any atom is -0.512 e. The summed E-state index contributed by atoms with van der Waals surface area (Å²) in [6, 6.07) is 29.0. The van der Waals surface area contributed by atoms with E-state index >= 15 is 0 Å². The number of nitrogens with zero attached hydrogens (tertiary/aromatic N) is 1. The predicted octanol–water partition coefficient (Wildman–Crippen LogP) is 16.5. The van der Waals surface area contributed by atoms with Gasteiger partial charge in [0, 0.05) is 64.9 Å². The van der Waals surface area contributed by atoms with Gasteiger partial charge in [0.15, 0.2) is 5.78 Å². The van der Waals surface area contributed by atoms with Gasteiger partial charge >= 0.3 is 6.18 Å². The summed E-state index contributed by atoms with van der Waals surface area (Å²) in [5.74, 6) is 0.547. The number of carbonyl (C=O) groups is 1. The van der Waals surface area contributed by atoms with Gasteiger partial charge in [-0.05, 0) is 101 Å². The van der Waals surface area contributed by atoms with Crippen LogP contribution in [0.3, 0.4) is 0 Å². The van der Waals surface area contributed by atoms with E-state index < -0.39 is 11.6 Å². The van der Waals surface area contributed by atoms with Crippen LogP contribution in [0.1, 0.15) is 130 Å². The van der Waals surface area contributed by atoms with Crippen molar-refractivity contribution in [2.24, 2.45) is 17.3 Å². The molecule has 2 heterocycles. The molecule has 7 rings (SSSR count). The number of ketones is 1. The second kappa shape index (κ2) is 19.2. The Kier molecular flexibility index (Phi) is 15.2. The van der Waals surface area contributed by atoms with Crippen LogP contribution in [0.4, 0.5) is 13.2 Å². The third-order valence-electron chi connectivity index (χ3n) is 13.2. The third kappa shape index (κ3) is 9.94. The molecule has 1 N–H and O–H groups in total. The summed E-state index contributed by atoms with van der Waals surface area (Å²) in [5.41, 5.74) is 8.65. The number of aryl methyl sites for hydroxylation is 1. The number of hydrogen-bond acceptors (Lipinski definition) is 4. The normalized spacial score (nSPS) is 13.8. The number of aromatic nitrogens is 1. The maximum absolute atomic E-state index is 13.7. The summed E-state index contributed by atoms with van der Waals surface area (Å²) >= 11 is 1.77. The van der Waals surface area contributed by atoms with E-state index in [9.17, 15) is 23.1 Å². The quantitative estimate of drug-likeness (QED) is 0.0799. The molecule has 1 aliphatic carbocycles. The first-order valence-corrected chi connectivity index (χ1v) is 23.0. The molecule has 3 nitrogen and oxygen atoms in total. The van der Waals surface area contributed by atoms with E-state index in [-0.39, 0.29) is 60.7 Å². The number of fused-ring (bicyclic) bond motifs is 5. The van der Waals surface area contributed by atoms with Crippen LogP contribution >= 0.6 is 11.3 Å². The van der Waals surface area contributed by atoms with Crippen LogP contribution < -0.4 is 0 Å². The van der Waals surface area contributed by atoms with E-state index in [2.05, 4.69) is 102 Å². The minimum atomic E-state index is -4.27. The van der Waals surface area contributed by atoms with Gasteiger partial charge in [0.25, 0.3) is 0 Å². The Morgan fingerprint density at radius 1 is 0.825 bits per heavy atom. The molecule has 6 aromatic rings. The monoisotopic (exact) mass is 1050 g/mol. The van der Waals surface area contributed by atoms with Crippen molar-refractivity contribution in [1.29, 1.82) is 0 Å². The summed E-state index contributed by atoms with van der Waals surface area (Å²) in [6.07, 6.45) is 2.49. The molecule has 4 aromatic carbocycles. The number of hydrogen-bond donors (Lipinski definition) is 1. The number of alkyl halides is 3. The number of carbonyl (C=O) groups excluding carboxylic acids is 1. The van der Waals surface area contributed by atoms with E-state index in [1.54, 1.807) is 11.3 Å². The number of benzene rings is 4. The molecule has 0 unspecified atom stereocenters. The SMILES string of the molecule is CCC(CC)C(=O)/C=C(\O)C(CC)CC.Cc1c(-c2ccc3c(c2)C(C)(C)c2cc(CC(C)(C)C(F)(F)F)ccc2-3)sc2c(-c3[c-]c4ccccc4c(C(C)(C)C)c3)nccc12.[Ir]. The van der Waals surface area contributed by atoms with Gasteiger partial charge in [-0.1, -0.05) is 136 Å². The van der Waals surface area contributed by atoms with E-state index in [1.807, 2.05) is 52.1 Å². The first kappa shape index (κ1) is 49.9. The van der Waals surface area contributed by atoms with Gasteiger partial charge < -0.3 is 5.11 Å². The van der Waals surface area contributed by atoms with Gasteiger partial charge in [-0.25, -0.2) is 0 Å². The van der Waals surface area contributed by atoms with Gasteiger partial charge in [0.1, 0.15) is 0 Å². The third-order valence-corrected chi connectivity index (χ3v) is 14.6. The molecular weight excluding hydrogens is 988 g/mol. The summed E-state index contributed by atoms with van der Waals surface area (Å²) in [4.78, 5) is 17.8. The van der Waals surface area contributed by atoms with Crippen molar-refractivity contribution in [2.45, 2.75) is 132 Å². The number of rotatable bonds is 11. The smallest absolute Gasteiger partial charge is 0.394 e. The van der Waals surface area contributed by atoms with Crippen molar-refractivity contribution >= 4 is 38.0 Å². The van der Waals surface area contributed by atoms with Gasteiger partial charge in [-0.15, -0.1) is 40.5 Å². The number of aliphatic hydroxyl groups is 1. The van der Waals surface area contributed by atoms with Crippen LogP contribution in [0.5, 0.6) is 0 Å². The number of thiophene rings is 1. The average Bonchev–Trinajstić information content (AvgIpc) is 3.67. The van der Waals surface area contributed by atoms with Crippen LogP contribution in [0.15, 0.2) is 90.8 Å². The van der Waals surface area contributed by atoms with E-state index in [4.69, 9.17) is 4.98 Å².